The summed E-state index contributed by atoms with van der Waals surface area (Å²) in [6.45, 7) is 1.59. The average molecular weight is 388 g/mol. The fourth-order valence-electron chi connectivity index (χ4n) is 3.08. The molecular formula is C20H18ClNO3S. The standard InChI is InChI=1S/C20H18ClNO3S/c21-16-9-13(10-17-20(16)25-8-7-24-17)11-19(23)22-6-5-14-12-26-18-4-2-1-3-15(14)18/h1-4,9-10,12H,5-8,11H2,(H,22,23). The quantitative estimate of drug-likeness (QED) is 0.712. The molecule has 26 heavy (non-hydrogen) atoms. The zero-order valence-corrected chi connectivity index (χ0v) is 15.7. The molecule has 4 nitrogen and oxygen atoms in total. The van der Waals surface area contributed by atoms with Gasteiger partial charge in [0.25, 0.3) is 0 Å². The monoisotopic (exact) mass is 387 g/mol. The number of amides is 1. The molecule has 4 rings (SSSR count). The molecule has 0 saturated heterocycles. The molecule has 1 aromatic heterocycles. The van der Waals surface area contributed by atoms with Gasteiger partial charge in [-0.1, -0.05) is 29.8 Å². The highest BCUT2D eigenvalue weighted by molar-refractivity contribution is 7.17. The highest BCUT2D eigenvalue weighted by atomic mass is 35.5. The molecule has 134 valence electrons. The van der Waals surface area contributed by atoms with E-state index in [1.165, 1.54) is 15.6 Å². The molecule has 2 aromatic carbocycles. The Balaban J connectivity index is 1.35. The molecule has 2 heterocycles. The van der Waals surface area contributed by atoms with Crippen molar-refractivity contribution < 1.29 is 14.3 Å². The molecule has 1 aliphatic heterocycles. The molecule has 0 bridgehead atoms. The lowest BCUT2D eigenvalue weighted by Crippen LogP contribution is -2.27. The normalized spacial score (nSPS) is 13.0. The summed E-state index contributed by atoms with van der Waals surface area (Å²) in [5.74, 6) is 1.14. The molecule has 0 unspecified atom stereocenters. The Morgan fingerprint density at radius 2 is 2.04 bits per heavy atom. The topological polar surface area (TPSA) is 47.6 Å². The number of fused-ring (bicyclic) bond motifs is 2. The van der Waals surface area contributed by atoms with Crippen LogP contribution in [0.1, 0.15) is 11.1 Å². The maximum Gasteiger partial charge on any atom is 0.224 e. The summed E-state index contributed by atoms with van der Waals surface area (Å²) >= 11 is 7.96. The molecule has 0 spiro atoms. The van der Waals surface area contributed by atoms with Crippen LogP contribution in [0.4, 0.5) is 0 Å². The van der Waals surface area contributed by atoms with Crippen molar-refractivity contribution in [2.24, 2.45) is 0 Å². The highest BCUT2D eigenvalue weighted by Gasteiger charge is 2.17. The molecule has 6 heteroatoms. The number of carbonyl (C=O) groups is 1. The van der Waals surface area contributed by atoms with Crippen LogP contribution in [0, 0.1) is 0 Å². The van der Waals surface area contributed by atoms with Crippen molar-refractivity contribution >= 4 is 38.9 Å². The Bertz CT molecular complexity index is 953. The zero-order chi connectivity index (χ0) is 17.9. The Kier molecular flexibility index (Phi) is 5.00. The predicted octanol–water partition coefficient (Wildman–Crippen LogP) is 4.23. The number of thiophene rings is 1. The molecule has 1 amide bonds. The SMILES string of the molecule is O=C(Cc1cc(Cl)c2c(c1)OCCO2)NCCc1csc2ccccc12. The van der Waals surface area contributed by atoms with E-state index in [9.17, 15) is 4.79 Å². The third kappa shape index (κ3) is 3.64. The van der Waals surface area contributed by atoms with E-state index in [1.807, 2.05) is 18.2 Å². The van der Waals surface area contributed by atoms with Gasteiger partial charge in [0.05, 0.1) is 11.4 Å². The fourth-order valence-corrected chi connectivity index (χ4v) is 4.36. The summed E-state index contributed by atoms with van der Waals surface area (Å²) in [7, 11) is 0. The van der Waals surface area contributed by atoms with Crippen LogP contribution in [0.5, 0.6) is 11.5 Å². The highest BCUT2D eigenvalue weighted by Crippen LogP contribution is 2.38. The van der Waals surface area contributed by atoms with Crippen LogP contribution < -0.4 is 14.8 Å². The Morgan fingerprint density at radius 3 is 2.96 bits per heavy atom. The van der Waals surface area contributed by atoms with Gasteiger partial charge < -0.3 is 14.8 Å². The lowest BCUT2D eigenvalue weighted by molar-refractivity contribution is -0.120. The van der Waals surface area contributed by atoms with E-state index in [2.05, 4.69) is 22.8 Å². The summed E-state index contributed by atoms with van der Waals surface area (Å²) in [5, 5.41) is 6.90. The Labute approximate surface area is 160 Å². The van der Waals surface area contributed by atoms with Crippen LogP contribution in [-0.2, 0) is 17.6 Å². The van der Waals surface area contributed by atoms with Crippen molar-refractivity contribution in [2.75, 3.05) is 19.8 Å². The first-order chi connectivity index (χ1) is 12.7. The first kappa shape index (κ1) is 17.2. The number of rotatable bonds is 5. The second-order valence-electron chi connectivity index (χ2n) is 6.14. The third-order valence-corrected chi connectivity index (χ3v) is 5.59. The largest absolute Gasteiger partial charge is 0.486 e. The van der Waals surface area contributed by atoms with E-state index in [4.69, 9.17) is 21.1 Å². The van der Waals surface area contributed by atoms with Gasteiger partial charge in [0, 0.05) is 11.2 Å². The van der Waals surface area contributed by atoms with Gasteiger partial charge in [-0.15, -0.1) is 11.3 Å². The number of hydrogen-bond acceptors (Lipinski definition) is 4. The minimum absolute atomic E-state index is 0.0303. The molecule has 3 aromatic rings. The number of ether oxygens (including phenoxy) is 2. The van der Waals surface area contributed by atoms with E-state index in [-0.39, 0.29) is 12.3 Å². The molecule has 0 radical (unpaired) electrons. The zero-order valence-electron chi connectivity index (χ0n) is 14.1. The smallest absolute Gasteiger partial charge is 0.224 e. The number of nitrogens with one attached hydrogen (secondary N) is 1. The summed E-state index contributed by atoms with van der Waals surface area (Å²) in [5.41, 5.74) is 2.09. The van der Waals surface area contributed by atoms with Crippen LogP contribution in [0.2, 0.25) is 5.02 Å². The molecule has 0 atom stereocenters. The number of halogens is 1. The second-order valence-corrected chi connectivity index (χ2v) is 7.45. The third-order valence-electron chi connectivity index (χ3n) is 4.30. The molecule has 0 saturated carbocycles. The van der Waals surface area contributed by atoms with E-state index in [0.29, 0.717) is 36.3 Å². The minimum atomic E-state index is -0.0303. The summed E-state index contributed by atoms with van der Waals surface area (Å²) in [4.78, 5) is 12.3. The lowest BCUT2D eigenvalue weighted by Gasteiger charge is -2.20. The molecule has 1 aliphatic rings. The minimum Gasteiger partial charge on any atom is -0.486 e. The lowest BCUT2D eigenvalue weighted by atomic mass is 10.1. The van der Waals surface area contributed by atoms with E-state index in [0.717, 1.165) is 12.0 Å². The summed E-state index contributed by atoms with van der Waals surface area (Å²) in [6.07, 6.45) is 1.08. The fraction of sp³-hybridized carbons (Fsp3) is 0.250. The second kappa shape index (κ2) is 7.56. The summed E-state index contributed by atoms with van der Waals surface area (Å²) in [6, 6.07) is 11.9. The van der Waals surface area contributed by atoms with Gasteiger partial charge in [0.1, 0.15) is 13.2 Å². The molecule has 0 aliphatic carbocycles. The maximum atomic E-state index is 12.3. The molecule has 0 fully saturated rings. The van der Waals surface area contributed by atoms with Crippen LogP contribution in [-0.4, -0.2) is 25.7 Å². The number of hydrogen-bond donors (Lipinski definition) is 1. The first-order valence-electron chi connectivity index (χ1n) is 8.50. The number of benzene rings is 2. The van der Waals surface area contributed by atoms with E-state index < -0.39 is 0 Å². The first-order valence-corrected chi connectivity index (χ1v) is 9.76. The van der Waals surface area contributed by atoms with Gasteiger partial charge in [0.2, 0.25) is 5.91 Å². The van der Waals surface area contributed by atoms with Crippen LogP contribution >= 0.6 is 22.9 Å². The van der Waals surface area contributed by atoms with Crippen LogP contribution in [0.25, 0.3) is 10.1 Å². The maximum absolute atomic E-state index is 12.3. The van der Waals surface area contributed by atoms with Crippen molar-refractivity contribution in [3.63, 3.8) is 0 Å². The molecular weight excluding hydrogens is 370 g/mol. The number of carbonyl (C=O) groups excluding carboxylic acids is 1. The van der Waals surface area contributed by atoms with Gasteiger partial charge in [-0.25, -0.2) is 0 Å². The molecule has 1 N–H and O–H groups in total. The van der Waals surface area contributed by atoms with Crippen LogP contribution in [0.15, 0.2) is 41.8 Å². The van der Waals surface area contributed by atoms with Crippen molar-refractivity contribution in [3.05, 3.63) is 57.9 Å². The van der Waals surface area contributed by atoms with E-state index >= 15 is 0 Å². The van der Waals surface area contributed by atoms with Gasteiger partial charge in [0.15, 0.2) is 11.5 Å². The average Bonchev–Trinajstić information content (AvgIpc) is 3.05. The van der Waals surface area contributed by atoms with Gasteiger partial charge >= 0.3 is 0 Å². The summed E-state index contributed by atoms with van der Waals surface area (Å²) < 4.78 is 12.3. The van der Waals surface area contributed by atoms with Crippen molar-refractivity contribution in [3.8, 4) is 11.5 Å². The van der Waals surface area contributed by atoms with Crippen molar-refractivity contribution in [1.29, 1.82) is 0 Å². The van der Waals surface area contributed by atoms with Gasteiger partial charge in [-0.2, -0.15) is 0 Å². The Morgan fingerprint density at radius 1 is 1.19 bits per heavy atom. The predicted molar refractivity (Wildman–Crippen MR) is 105 cm³/mol. The van der Waals surface area contributed by atoms with Crippen molar-refractivity contribution in [2.45, 2.75) is 12.8 Å². The van der Waals surface area contributed by atoms with Crippen LogP contribution in [0.3, 0.4) is 0 Å². The Hall–Kier alpha value is -2.24. The van der Waals surface area contributed by atoms with Gasteiger partial charge in [-0.05, 0) is 46.5 Å². The van der Waals surface area contributed by atoms with Gasteiger partial charge in [-0.3, -0.25) is 4.79 Å². The van der Waals surface area contributed by atoms with Crippen molar-refractivity contribution in [1.82, 2.24) is 5.32 Å². The van der Waals surface area contributed by atoms with E-state index in [1.54, 1.807) is 17.4 Å².